The second-order valence-electron chi connectivity index (χ2n) is 6.92. The van der Waals surface area contributed by atoms with E-state index in [-0.39, 0.29) is 11.7 Å². The van der Waals surface area contributed by atoms with Gasteiger partial charge in [0.1, 0.15) is 5.69 Å². The molecule has 3 rings (SSSR count). The van der Waals surface area contributed by atoms with Gasteiger partial charge in [-0.05, 0) is 59.0 Å². The highest BCUT2D eigenvalue weighted by atomic mass is 32.2. The number of rotatable bonds is 4. The van der Waals surface area contributed by atoms with Crippen molar-refractivity contribution in [3.63, 3.8) is 0 Å². The van der Waals surface area contributed by atoms with Gasteiger partial charge in [-0.15, -0.1) is 0 Å². The fourth-order valence-electron chi connectivity index (χ4n) is 3.64. The smallest absolute Gasteiger partial charge is 0.280 e. The Labute approximate surface area is 161 Å². The summed E-state index contributed by atoms with van der Waals surface area (Å²) < 4.78 is 38.0. The largest absolute Gasteiger partial charge is 0.393 e. The molecular weight excluding hydrogens is 366 g/mol. The maximum absolute atomic E-state index is 13.0. The van der Waals surface area contributed by atoms with Crippen LogP contribution in [0.4, 0.5) is 8.78 Å². The van der Waals surface area contributed by atoms with Crippen LogP contribution in [0, 0.1) is 10.7 Å². The summed E-state index contributed by atoms with van der Waals surface area (Å²) in [5.41, 5.74) is 1.29. The Balaban J connectivity index is 1.93. The van der Waals surface area contributed by atoms with Crippen LogP contribution < -0.4 is 10.0 Å². The van der Waals surface area contributed by atoms with Crippen molar-refractivity contribution in [2.75, 3.05) is 7.05 Å². The van der Waals surface area contributed by atoms with Gasteiger partial charge in [0.15, 0.2) is 0 Å². The highest BCUT2D eigenvalue weighted by Gasteiger charge is 2.25. The molecule has 4 nitrogen and oxygen atoms in total. The molecule has 1 aromatic rings. The van der Waals surface area contributed by atoms with E-state index in [0.717, 1.165) is 10.5 Å². The lowest BCUT2D eigenvalue weighted by molar-refractivity contribution is 0.146. The Kier molecular flexibility index (Phi) is 6.90. The van der Waals surface area contributed by atoms with E-state index in [0.29, 0.717) is 11.5 Å². The van der Waals surface area contributed by atoms with Crippen LogP contribution >= 0.6 is 0 Å². The Hall–Kier alpha value is -1.86. The summed E-state index contributed by atoms with van der Waals surface area (Å²) in [6.07, 6.45) is 12.8. The van der Waals surface area contributed by atoms with E-state index in [4.69, 9.17) is 4.78 Å². The third-order valence-corrected chi connectivity index (χ3v) is 6.33. The van der Waals surface area contributed by atoms with Gasteiger partial charge in [0.2, 0.25) is 0 Å². The molecule has 0 saturated heterocycles. The first-order valence-electron chi connectivity index (χ1n) is 9.32. The minimum absolute atomic E-state index is 0.173. The van der Waals surface area contributed by atoms with Gasteiger partial charge in [0.05, 0.1) is 4.91 Å². The minimum Gasteiger partial charge on any atom is -0.393 e. The van der Waals surface area contributed by atoms with E-state index in [1.54, 1.807) is 13.1 Å². The van der Waals surface area contributed by atoms with Crippen LogP contribution in [-0.2, 0) is 10.9 Å². The van der Waals surface area contributed by atoms with Crippen molar-refractivity contribution in [1.29, 1.82) is 4.78 Å². The van der Waals surface area contributed by atoms with E-state index < -0.39 is 17.3 Å². The molecule has 0 spiro atoms. The maximum atomic E-state index is 13.0. The fourth-order valence-corrected chi connectivity index (χ4v) is 4.91. The van der Waals surface area contributed by atoms with Gasteiger partial charge in [-0.2, -0.15) is 0 Å². The Morgan fingerprint density at radius 1 is 1.33 bits per heavy atom. The summed E-state index contributed by atoms with van der Waals surface area (Å²) >= 11 is 0. The average molecular weight is 393 g/mol. The van der Waals surface area contributed by atoms with E-state index in [2.05, 4.69) is 21.1 Å². The zero-order valence-electron chi connectivity index (χ0n) is 15.4. The number of alkyl halides is 2. The van der Waals surface area contributed by atoms with Crippen molar-refractivity contribution >= 4 is 17.0 Å². The van der Waals surface area contributed by atoms with Crippen LogP contribution in [0.2, 0.25) is 0 Å². The minimum atomic E-state index is -2.59. The molecular formula is C20H26F2N4S. The number of nitrogens with zero attached hydrogens (tertiary/aromatic N) is 1. The third-order valence-electron chi connectivity index (χ3n) is 5.03. The van der Waals surface area contributed by atoms with Crippen molar-refractivity contribution in [3.8, 4) is 0 Å². The van der Waals surface area contributed by atoms with Crippen LogP contribution in [0.3, 0.4) is 0 Å². The summed E-state index contributed by atoms with van der Waals surface area (Å²) in [5.74, 6) is 0.553. The molecule has 2 aliphatic rings. The standard InChI is InChI=1S/C20H26F2N4S/c1-24-13-19-16(11-14-9-10-25-18(12-14)20(21)22)7-8-17(26-27(19)23)15-5-3-2-4-6-15/h7-13,15,17,20,24H,2-6H2,1H3,(H2,23,26)/b16-11+,19-13+. The van der Waals surface area contributed by atoms with E-state index in [1.165, 1.54) is 44.4 Å². The van der Waals surface area contributed by atoms with E-state index >= 15 is 0 Å². The molecule has 1 aromatic heterocycles. The number of halogens is 2. The molecule has 3 N–H and O–H groups in total. The fraction of sp³-hybridized carbons (Fsp3) is 0.450. The van der Waals surface area contributed by atoms with Crippen LogP contribution in [0.5, 0.6) is 0 Å². The summed E-state index contributed by atoms with van der Waals surface area (Å²) in [7, 11) is 0.911. The lowest BCUT2D eigenvalue weighted by Crippen LogP contribution is -2.36. The highest BCUT2D eigenvalue weighted by molar-refractivity contribution is 7.88. The van der Waals surface area contributed by atoms with Gasteiger partial charge in [0, 0.05) is 25.5 Å². The lowest BCUT2D eigenvalue weighted by atomic mass is 9.84. The van der Waals surface area contributed by atoms with Gasteiger partial charge >= 0.3 is 0 Å². The van der Waals surface area contributed by atoms with Gasteiger partial charge in [-0.3, -0.25) is 9.76 Å². The van der Waals surface area contributed by atoms with E-state index in [9.17, 15) is 8.78 Å². The molecule has 2 heterocycles. The molecule has 1 aliphatic heterocycles. The lowest BCUT2D eigenvalue weighted by Gasteiger charge is -2.28. The molecule has 7 heteroatoms. The van der Waals surface area contributed by atoms with Gasteiger partial charge in [0.25, 0.3) is 6.43 Å². The predicted molar refractivity (Wildman–Crippen MR) is 107 cm³/mol. The zero-order chi connectivity index (χ0) is 19.2. The summed E-state index contributed by atoms with van der Waals surface area (Å²) in [6.45, 7) is 0. The van der Waals surface area contributed by atoms with Crippen molar-refractivity contribution in [2.45, 2.75) is 44.6 Å². The first-order chi connectivity index (χ1) is 13.1. The van der Waals surface area contributed by atoms with Crippen LogP contribution in [0.25, 0.3) is 6.08 Å². The third kappa shape index (κ3) is 5.11. The average Bonchev–Trinajstić information content (AvgIpc) is 2.83. The van der Waals surface area contributed by atoms with Gasteiger partial charge in [-0.1, -0.05) is 31.4 Å². The number of pyridine rings is 1. The van der Waals surface area contributed by atoms with Gasteiger partial charge < -0.3 is 5.32 Å². The summed E-state index contributed by atoms with van der Waals surface area (Å²) in [6, 6.07) is 3.29. The molecule has 146 valence electrons. The number of nitrogens with one attached hydrogen (secondary N) is 3. The summed E-state index contributed by atoms with van der Waals surface area (Å²) in [5, 5.41) is 3.01. The number of aromatic nitrogens is 1. The van der Waals surface area contributed by atoms with Crippen molar-refractivity contribution in [1.82, 2.24) is 15.0 Å². The SMILES string of the molecule is CN/C=C1\C(=C\c2ccnc(C(F)F)c2)C=CC(C2CCCCC2)NS1=N. The van der Waals surface area contributed by atoms with Crippen LogP contribution in [0.15, 0.2) is 47.2 Å². The second kappa shape index (κ2) is 9.37. The molecule has 27 heavy (non-hydrogen) atoms. The first-order valence-corrected chi connectivity index (χ1v) is 10.5. The quantitative estimate of drug-likeness (QED) is 0.685. The maximum Gasteiger partial charge on any atom is 0.280 e. The van der Waals surface area contributed by atoms with Gasteiger partial charge in [-0.25, -0.2) is 13.5 Å². The molecule has 0 aromatic carbocycles. The van der Waals surface area contributed by atoms with Crippen LogP contribution in [0.1, 0.15) is 49.8 Å². The monoisotopic (exact) mass is 392 g/mol. The molecule has 1 fully saturated rings. The van der Waals surface area contributed by atoms with Crippen molar-refractivity contribution in [2.24, 2.45) is 5.92 Å². The molecule has 0 radical (unpaired) electrons. The topological polar surface area (TPSA) is 60.8 Å². The molecule has 1 saturated carbocycles. The second-order valence-corrected chi connectivity index (χ2v) is 8.21. The summed E-state index contributed by atoms with van der Waals surface area (Å²) in [4.78, 5) is 4.54. The van der Waals surface area contributed by atoms with Crippen molar-refractivity contribution < 1.29 is 8.78 Å². The molecule has 2 atom stereocenters. The highest BCUT2D eigenvalue weighted by Crippen LogP contribution is 2.31. The number of hydrogen-bond donors (Lipinski definition) is 3. The first kappa shape index (κ1) is 19.9. The molecule has 0 amide bonds. The molecule has 0 bridgehead atoms. The Morgan fingerprint density at radius 2 is 2.11 bits per heavy atom. The predicted octanol–water partition coefficient (Wildman–Crippen LogP) is 4.87. The van der Waals surface area contributed by atoms with Crippen LogP contribution in [-0.4, -0.2) is 18.1 Å². The zero-order valence-corrected chi connectivity index (χ0v) is 16.2. The Morgan fingerprint density at radius 3 is 2.81 bits per heavy atom. The normalized spacial score (nSPS) is 27.3. The van der Waals surface area contributed by atoms with Crippen molar-refractivity contribution in [3.05, 3.63) is 58.4 Å². The number of hydrogen-bond acceptors (Lipinski definition) is 3. The number of allylic oxidation sites excluding steroid dienone is 2. The Bertz CT molecular complexity index is 767. The molecule has 2 unspecified atom stereocenters. The molecule has 1 aliphatic carbocycles. The van der Waals surface area contributed by atoms with E-state index in [1.807, 2.05) is 18.4 Å².